The number of guanidine groups is 2. The number of H-pyrrole nitrogens is 1. The lowest BCUT2D eigenvalue weighted by molar-refractivity contribution is -0.143. The summed E-state index contributed by atoms with van der Waals surface area (Å²) in [5.74, 6) is -23.6. The highest BCUT2D eigenvalue weighted by atomic mass is 32.2. The molecule has 5 rings (SSSR count). The number of benzene rings is 3. The van der Waals surface area contributed by atoms with Crippen LogP contribution in [0.3, 0.4) is 0 Å². The second kappa shape index (κ2) is 54.3. The van der Waals surface area contributed by atoms with Gasteiger partial charge in [-0.1, -0.05) is 133 Å². The van der Waals surface area contributed by atoms with E-state index in [1.165, 1.54) is 57.6 Å². The van der Waals surface area contributed by atoms with E-state index in [0.29, 0.717) is 55.0 Å². The highest BCUT2D eigenvalue weighted by Gasteiger charge is 2.40. The summed E-state index contributed by atoms with van der Waals surface area (Å²) in [6.07, 6.45) is 0.829. The molecule has 1 saturated heterocycles. The van der Waals surface area contributed by atoms with Gasteiger partial charge in [0.05, 0.1) is 48.3 Å². The number of Topliss-reactive ketones (excluding diaryl/α,β-unsaturated/α-hetero) is 1. The van der Waals surface area contributed by atoms with Crippen molar-refractivity contribution in [2.45, 2.75) is 236 Å². The number of aromatic nitrogens is 2. The Hall–Kier alpha value is -12.8. The number of nitrogens with two attached hydrogens (primary N) is 3. The van der Waals surface area contributed by atoms with E-state index in [-0.39, 0.29) is 88.7 Å². The number of phenols is 1. The van der Waals surface area contributed by atoms with E-state index in [9.17, 15) is 81.3 Å². The number of carboxylic acid groups (broad SMARTS) is 2. The Bertz CT molecular complexity index is 4570. The number of aromatic amines is 1. The number of carbonyl (C=O) groups excluding carboxylic acids is 14. The molecule has 44 heteroatoms. The maximum Gasteiger partial charge on any atom is 0.305 e. The molecule has 1 fully saturated rings. The highest BCUT2D eigenvalue weighted by molar-refractivity contribution is 8.00. The van der Waals surface area contributed by atoms with Gasteiger partial charge in [-0.15, -0.1) is 11.8 Å². The Kier molecular flexibility index (Phi) is 44.9. The number of phenolic OH excluding ortho intramolecular Hbond substituents is 1. The molecule has 3 aromatic carbocycles. The Morgan fingerprint density at radius 2 is 0.930 bits per heavy atom. The lowest BCUT2D eigenvalue weighted by atomic mass is 9.92. The number of primary amides is 1. The van der Waals surface area contributed by atoms with E-state index in [0.717, 1.165) is 17.4 Å². The zero-order valence-corrected chi connectivity index (χ0v) is 74.2. The maximum absolute atomic E-state index is 15.1. The number of imidazole rings is 1. The summed E-state index contributed by atoms with van der Waals surface area (Å²) in [4.78, 5) is 237. The minimum absolute atomic E-state index is 0.00608. The Labute approximate surface area is 746 Å². The van der Waals surface area contributed by atoms with Crippen LogP contribution in [0.25, 0.3) is 11.1 Å². The number of thioether (sulfide) groups is 1. The number of carbonyl (C=O) groups is 16. The van der Waals surface area contributed by atoms with Crippen LogP contribution in [0.5, 0.6) is 5.75 Å². The zero-order chi connectivity index (χ0) is 94.7. The fraction of sp³-hybridized carbons (Fsp3) is 0.536. The quantitative estimate of drug-likeness (QED) is 0.0148. The largest absolute Gasteiger partial charge is 0.508 e. The molecule has 1 aliphatic rings. The van der Waals surface area contributed by atoms with Gasteiger partial charge in [-0.25, -0.2) is 13.4 Å². The van der Waals surface area contributed by atoms with Gasteiger partial charge >= 0.3 is 11.9 Å². The first-order valence-electron chi connectivity index (χ1n) is 42.3. The smallest absolute Gasteiger partial charge is 0.305 e. The summed E-state index contributed by atoms with van der Waals surface area (Å²) in [5, 5.41) is 82.0. The van der Waals surface area contributed by atoms with Crippen molar-refractivity contribution < 1.29 is 100 Å². The lowest BCUT2D eigenvalue weighted by Crippen LogP contribution is -2.61. The molecule has 0 radical (unpaired) electrons. The molecule has 0 unspecified atom stereocenters. The molecule has 128 heavy (non-hydrogen) atoms. The SMILES string of the molecule is CCCCC[C@@H]1NC(=O)[C@H](CCCNC(=N)N)NC(=O)[C@H](C)NC(=O)CSC[C@@H](C(N)=O)NC(=O)[C@H](CC(=O)O)NC(=O)[C@H](CCCCC)NC(=O)[C@H](Cc2ccc(-c3ccccc3)cc2)NC(=O)[C@H](CCS(C)(=O)=O)NC(=O)[C@H](C(C)C)NC(=O)[C@H](CCCCNC(=N)N)NC(=O)[C@H](CC(=O)O)CC(=O)[C@H](Cc2c[nH]cn2)NC(=O)[C@H](Cc2ccc(O)cc2)NC1=O. The van der Waals surface area contributed by atoms with Crippen LogP contribution in [0.15, 0.2) is 91.4 Å². The average molecular weight is 1830 g/mol. The zero-order valence-electron chi connectivity index (χ0n) is 72.6. The number of hydrogen-bond donors (Lipinski definition) is 23. The number of unbranched alkanes of at least 4 members (excludes halogenated alkanes) is 5. The number of nitrogens with zero attached hydrogens (tertiary/aromatic N) is 1. The third kappa shape index (κ3) is 39.0. The number of hydrogen-bond acceptors (Lipinski definition) is 23. The van der Waals surface area contributed by atoms with E-state index in [4.69, 9.17) is 28.0 Å². The van der Waals surface area contributed by atoms with E-state index >= 15 is 19.2 Å². The molecular weight excluding hydrogens is 1700 g/mol. The molecule has 0 spiro atoms. The molecule has 0 aliphatic carbocycles. The van der Waals surface area contributed by atoms with E-state index in [1.54, 1.807) is 24.3 Å². The number of nitrogens with one attached hydrogen (secondary N) is 17. The molecular formula is C84H123N21O21S2. The molecule has 2 heterocycles. The standard InChI is InChI=1S/C84H123N21O21S2/c1-7-9-12-21-56-75(117)101-63(38-50-27-31-55(106)32-28-50)80(122)100-61(41-54-43-90-46-93-54)66(107)39-53(40-68(109)110)73(115)96-58(23-16-17-34-91-83(86)87)78(120)105-70(47(3)4)82(124)99-60(33-36-128(6,125)126)77(119)102-62(37-49-25-29-52(30-26-49)51-19-14-11-15-20-51)79(121)98-57(22-13-10-8-2)76(118)103-64(42-69(111)112)81(123)104-65(71(85)113)44-127-45-67(108)94-48(5)72(114)95-59(74(116)97-56)24-18-35-92-84(88)89/h11,14-15,19-20,25-32,43,46-48,53,56-65,70,106H,7-10,12-13,16-18,21-24,33-42,44-45H2,1-6H3,(H2,85,113)(H,90,93)(H,94,108)(H,95,114)(H,96,115)(H,97,116)(H,98,121)(H,99,124)(H,100,122)(H,101,117)(H,102,119)(H,103,118)(H,104,123)(H,105,120)(H,109,110)(H,111,112)(H4,86,87,91)(H4,88,89,92)/t48-,53-,56-,57-,58-,59-,60-,61-,62-,63-,64-,65-,70-/m0/s1. The number of aromatic hydroxyl groups is 1. The fourth-order valence-corrected chi connectivity index (χ4v) is 15.1. The van der Waals surface area contributed by atoms with Crippen LogP contribution in [0.4, 0.5) is 0 Å². The molecule has 0 bridgehead atoms. The van der Waals surface area contributed by atoms with Gasteiger partial charge in [0.1, 0.15) is 82.0 Å². The van der Waals surface area contributed by atoms with Crippen LogP contribution in [-0.4, -0.2) is 249 Å². The van der Waals surface area contributed by atoms with Crippen molar-refractivity contribution >= 4 is 128 Å². The number of ketones is 1. The molecule has 0 saturated carbocycles. The van der Waals surface area contributed by atoms with Crippen molar-refractivity contribution in [2.24, 2.45) is 29.0 Å². The molecule has 1 aliphatic heterocycles. The van der Waals surface area contributed by atoms with Crippen LogP contribution >= 0.6 is 11.8 Å². The van der Waals surface area contributed by atoms with Crippen molar-refractivity contribution in [1.29, 1.82) is 10.8 Å². The first-order chi connectivity index (χ1) is 60.6. The van der Waals surface area contributed by atoms with Crippen molar-refractivity contribution in [1.82, 2.24) is 84.4 Å². The maximum atomic E-state index is 15.1. The number of amides is 13. The van der Waals surface area contributed by atoms with Crippen molar-refractivity contribution in [3.63, 3.8) is 0 Å². The van der Waals surface area contributed by atoms with Crippen molar-refractivity contribution in [3.8, 4) is 16.9 Å². The van der Waals surface area contributed by atoms with Gasteiger partial charge in [0.25, 0.3) is 0 Å². The third-order valence-corrected chi connectivity index (χ3v) is 22.6. The molecule has 702 valence electrons. The van der Waals surface area contributed by atoms with Crippen LogP contribution in [-0.2, 0) is 106 Å². The van der Waals surface area contributed by atoms with E-state index in [2.05, 4.69) is 84.4 Å². The topological polar surface area (TPSA) is 691 Å². The molecule has 26 N–H and O–H groups in total. The highest BCUT2D eigenvalue weighted by Crippen LogP contribution is 2.23. The van der Waals surface area contributed by atoms with E-state index in [1.807, 2.05) is 44.2 Å². The van der Waals surface area contributed by atoms with Crippen LogP contribution in [0.1, 0.15) is 161 Å². The molecule has 1 aromatic heterocycles. The number of aliphatic carboxylic acids is 2. The second-order valence-electron chi connectivity index (χ2n) is 31.7. The van der Waals surface area contributed by atoms with Crippen LogP contribution < -0.4 is 91.6 Å². The monoisotopic (exact) mass is 1830 g/mol. The first kappa shape index (κ1) is 106. The Morgan fingerprint density at radius 1 is 0.500 bits per heavy atom. The van der Waals surface area contributed by atoms with Gasteiger partial charge in [-0.3, -0.25) is 87.5 Å². The summed E-state index contributed by atoms with van der Waals surface area (Å²) < 4.78 is 26.0. The number of rotatable bonds is 33. The first-order valence-corrected chi connectivity index (χ1v) is 45.6. The van der Waals surface area contributed by atoms with Gasteiger partial charge in [0.15, 0.2) is 17.7 Å². The second-order valence-corrected chi connectivity index (χ2v) is 35.0. The summed E-state index contributed by atoms with van der Waals surface area (Å²) in [5.41, 5.74) is 19.3. The molecule has 4 aromatic rings. The summed E-state index contributed by atoms with van der Waals surface area (Å²) in [6, 6.07) is 1.38. The van der Waals surface area contributed by atoms with Crippen LogP contribution in [0.2, 0.25) is 0 Å². The molecule has 13 atom stereocenters. The van der Waals surface area contributed by atoms with Gasteiger partial charge < -0.3 is 112 Å². The van der Waals surface area contributed by atoms with Gasteiger partial charge in [0, 0.05) is 57.0 Å². The summed E-state index contributed by atoms with van der Waals surface area (Å²) in [6.45, 7) is 8.00. The summed E-state index contributed by atoms with van der Waals surface area (Å²) in [7, 11) is -3.99. The summed E-state index contributed by atoms with van der Waals surface area (Å²) >= 11 is 0.716. The van der Waals surface area contributed by atoms with Crippen LogP contribution in [0, 0.1) is 22.7 Å². The average Bonchev–Trinajstić information content (AvgIpc) is 0.923. The Morgan fingerprint density at radius 3 is 1.41 bits per heavy atom. The fourth-order valence-electron chi connectivity index (χ4n) is 13.5. The van der Waals surface area contributed by atoms with Crippen molar-refractivity contribution in [2.75, 3.05) is 36.6 Å². The number of sulfone groups is 1. The van der Waals surface area contributed by atoms with Gasteiger partial charge in [-0.05, 0) is 98.6 Å². The minimum Gasteiger partial charge on any atom is -0.508 e. The van der Waals surface area contributed by atoms with E-state index < -0.39 is 250 Å². The lowest BCUT2D eigenvalue weighted by Gasteiger charge is -2.29. The van der Waals surface area contributed by atoms with Crippen molar-refractivity contribution in [3.05, 3.63) is 108 Å². The predicted molar refractivity (Wildman–Crippen MR) is 473 cm³/mol. The Balaban J connectivity index is 1.68. The third-order valence-electron chi connectivity index (χ3n) is 20.6. The normalized spacial score (nSPS) is 22.8. The number of carboxylic acids is 2. The van der Waals surface area contributed by atoms with Gasteiger partial charge in [-0.2, -0.15) is 0 Å². The minimum atomic E-state index is -3.99. The molecule has 13 amide bonds. The van der Waals surface area contributed by atoms with Gasteiger partial charge in [0.2, 0.25) is 76.8 Å². The molecule has 42 nitrogen and oxygen atoms in total. The predicted octanol–water partition coefficient (Wildman–Crippen LogP) is -1.43.